The lowest BCUT2D eigenvalue weighted by molar-refractivity contribution is 0.0694. The van der Waals surface area contributed by atoms with Gasteiger partial charge in [0.1, 0.15) is 5.82 Å². The molecular weight excluding hydrogens is 465 g/mol. The number of amides is 3. The second kappa shape index (κ2) is 10.7. The van der Waals surface area contributed by atoms with E-state index in [0.717, 1.165) is 0 Å². The third-order valence-electron chi connectivity index (χ3n) is 5.60. The van der Waals surface area contributed by atoms with Gasteiger partial charge in [0, 0.05) is 24.2 Å². The lowest BCUT2D eigenvalue weighted by atomic mass is 10.1. The Labute approximate surface area is 205 Å². The van der Waals surface area contributed by atoms with E-state index in [4.69, 9.17) is 0 Å². The topological polar surface area (TPSA) is 125 Å². The van der Waals surface area contributed by atoms with Crippen LogP contribution in [0.15, 0.2) is 66.7 Å². The number of carboxylic acid groups (broad SMARTS) is 1. The Morgan fingerprint density at radius 3 is 2.53 bits per heavy atom. The van der Waals surface area contributed by atoms with Crippen molar-refractivity contribution in [2.75, 3.05) is 11.9 Å². The van der Waals surface area contributed by atoms with Crippen LogP contribution in [0.4, 0.5) is 14.9 Å². The molecule has 4 aromatic rings. The molecule has 184 valence electrons. The number of carbonyl (C=O) groups excluding carboxylic acids is 2. The van der Waals surface area contributed by atoms with Crippen LogP contribution in [-0.4, -0.2) is 39.3 Å². The maximum atomic E-state index is 13.7. The maximum absolute atomic E-state index is 13.7. The normalized spacial score (nSPS) is 10.7. The molecule has 0 aliphatic heterocycles. The molecular formula is C26H24FN5O4. The van der Waals surface area contributed by atoms with E-state index in [9.17, 15) is 23.9 Å². The summed E-state index contributed by atoms with van der Waals surface area (Å²) in [5.41, 5.74) is 2.31. The van der Waals surface area contributed by atoms with Crippen molar-refractivity contribution >= 4 is 34.5 Å². The van der Waals surface area contributed by atoms with Gasteiger partial charge >= 0.3 is 12.0 Å². The average molecular weight is 490 g/mol. The monoisotopic (exact) mass is 489 g/mol. The second-order valence-corrected chi connectivity index (χ2v) is 8.08. The molecule has 0 unspecified atom stereocenters. The predicted octanol–water partition coefficient (Wildman–Crippen LogP) is 3.93. The summed E-state index contributed by atoms with van der Waals surface area (Å²) in [7, 11) is 0. The van der Waals surface area contributed by atoms with Crippen molar-refractivity contribution in [1.82, 2.24) is 20.4 Å². The SMILES string of the molecule is Cc1ccc(NC(=O)NCCn2nc(C(=O)NCc3ccccc3C(=O)O)c3ccccc32)cc1F. The van der Waals surface area contributed by atoms with E-state index in [1.807, 2.05) is 12.1 Å². The summed E-state index contributed by atoms with van der Waals surface area (Å²) in [6.07, 6.45) is 0. The smallest absolute Gasteiger partial charge is 0.336 e. The van der Waals surface area contributed by atoms with Gasteiger partial charge in [-0.3, -0.25) is 9.48 Å². The summed E-state index contributed by atoms with van der Waals surface area (Å²) >= 11 is 0. The van der Waals surface area contributed by atoms with E-state index < -0.39 is 23.7 Å². The lowest BCUT2D eigenvalue weighted by Crippen LogP contribution is -2.31. The van der Waals surface area contributed by atoms with Crippen molar-refractivity contribution in [2.24, 2.45) is 0 Å². The van der Waals surface area contributed by atoms with Gasteiger partial charge in [0.05, 0.1) is 17.6 Å². The zero-order chi connectivity index (χ0) is 25.7. The first-order valence-corrected chi connectivity index (χ1v) is 11.2. The van der Waals surface area contributed by atoms with Gasteiger partial charge in [0.2, 0.25) is 0 Å². The van der Waals surface area contributed by atoms with Gasteiger partial charge in [0.25, 0.3) is 5.91 Å². The largest absolute Gasteiger partial charge is 0.478 e. The number of urea groups is 1. The summed E-state index contributed by atoms with van der Waals surface area (Å²) in [6, 6.07) is 17.6. The van der Waals surface area contributed by atoms with Crippen LogP contribution in [0.2, 0.25) is 0 Å². The molecule has 0 radical (unpaired) electrons. The second-order valence-electron chi connectivity index (χ2n) is 8.08. The summed E-state index contributed by atoms with van der Waals surface area (Å²) < 4.78 is 15.3. The highest BCUT2D eigenvalue weighted by atomic mass is 19.1. The lowest BCUT2D eigenvalue weighted by Gasteiger charge is -2.09. The van der Waals surface area contributed by atoms with Gasteiger partial charge in [0.15, 0.2) is 5.69 Å². The first kappa shape index (κ1) is 24.4. The van der Waals surface area contributed by atoms with Gasteiger partial charge in [-0.1, -0.05) is 42.5 Å². The number of aromatic carboxylic acids is 1. The summed E-state index contributed by atoms with van der Waals surface area (Å²) in [5.74, 6) is -1.93. The highest BCUT2D eigenvalue weighted by Gasteiger charge is 2.18. The fourth-order valence-corrected chi connectivity index (χ4v) is 3.73. The van der Waals surface area contributed by atoms with Crippen molar-refractivity contribution in [2.45, 2.75) is 20.0 Å². The zero-order valence-electron chi connectivity index (χ0n) is 19.4. The van der Waals surface area contributed by atoms with Crippen molar-refractivity contribution in [3.63, 3.8) is 0 Å². The van der Waals surface area contributed by atoms with Crippen LogP contribution < -0.4 is 16.0 Å². The Balaban J connectivity index is 1.41. The Kier molecular flexibility index (Phi) is 7.24. The molecule has 0 saturated heterocycles. The number of nitrogens with one attached hydrogen (secondary N) is 3. The van der Waals surface area contributed by atoms with Gasteiger partial charge in [-0.25, -0.2) is 14.0 Å². The summed E-state index contributed by atoms with van der Waals surface area (Å²) in [6.45, 7) is 2.16. The molecule has 0 spiro atoms. The number of aryl methyl sites for hydroxylation is 1. The fourth-order valence-electron chi connectivity index (χ4n) is 3.73. The minimum atomic E-state index is -1.07. The molecule has 0 fully saturated rings. The van der Waals surface area contributed by atoms with Crippen LogP contribution in [0.5, 0.6) is 0 Å². The number of rotatable bonds is 8. The first-order chi connectivity index (χ1) is 17.3. The quantitative estimate of drug-likeness (QED) is 0.298. The molecule has 0 bridgehead atoms. The number of aromatic nitrogens is 2. The molecule has 1 heterocycles. The number of halogens is 1. The fraction of sp³-hybridized carbons (Fsp3) is 0.154. The van der Waals surface area contributed by atoms with E-state index in [0.29, 0.717) is 27.7 Å². The van der Waals surface area contributed by atoms with E-state index in [1.54, 1.807) is 54.1 Å². The molecule has 9 nitrogen and oxygen atoms in total. The van der Waals surface area contributed by atoms with E-state index in [-0.39, 0.29) is 30.9 Å². The molecule has 0 aliphatic rings. The number of carbonyl (C=O) groups is 3. The van der Waals surface area contributed by atoms with Gasteiger partial charge < -0.3 is 21.1 Å². The number of para-hydroxylation sites is 1. The number of carboxylic acids is 1. The van der Waals surface area contributed by atoms with Crippen molar-refractivity contribution < 1.29 is 23.9 Å². The van der Waals surface area contributed by atoms with E-state index in [2.05, 4.69) is 21.0 Å². The van der Waals surface area contributed by atoms with Crippen LogP contribution in [0.1, 0.15) is 32.0 Å². The molecule has 3 amide bonds. The molecule has 3 aromatic carbocycles. The molecule has 0 saturated carbocycles. The Bertz CT molecular complexity index is 1450. The van der Waals surface area contributed by atoms with Crippen LogP contribution in [0.25, 0.3) is 10.9 Å². The Morgan fingerprint density at radius 2 is 1.75 bits per heavy atom. The molecule has 1 aromatic heterocycles. The van der Waals surface area contributed by atoms with Gasteiger partial charge in [-0.2, -0.15) is 5.10 Å². The highest BCUT2D eigenvalue weighted by Crippen LogP contribution is 2.19. The van der Waals surface area contributed by atoms with E-state index in [1.165, 1.54) is 12.1 Å². The molecule has 10 heteroatoms. The van der Waals surface area contributed by atoms with Crippen LogP contribution >= 0.6 is 0 Å². The summed E-state index contributed by atoms with van der Waals surface area (Å²) in [5, 5.41) is 22.4. The molecule has 4 N–H and O–H groups in total. The van der Waals surface area contributed by atoms with Crippen molar-refractivity contribution in [1.29, 1.82) is 0 Å². The van der Waals surface area contributed by atoms with Crippen LogP contribution in [0, 0.1) is 12.7 Å². The molecule has 4 rings (SSSR count). The zero-order valence-corrected chi connectivity index (χ0v) is 19.4. The molecule has 36 heavy (non-hydrogen) atoms. The Morgan fingerprint density at radius 1 is 1.00 bits per heavy atom. The number of anilines is 1. The minimum Gasteiger partial charge on any atom is -0.478 e. The average Bonchev–Trinajstić information content (AvgIpc) is 3.24. The maximum Gasteiger partial charge on any atom is 0.336 e. The van der Waals surface area contributed by atoms with E-state index >= 15 is 0 Å². The number of fused-ring (bicyclic) bond motifs is 1. The third kappa shape index (κ3) is 5.49. The number of hydrogen-bond acceptors (Lipinski definition) is 4. The number of nitrogens with zero attached hydrogens (tertiary/aromatic N) is 2. The third-order valence-corrected chi connectivity index (χ3v) is 5.60. The highest BCUT2D eigenvalue weighted by molar-refractivity contribution is 6.05. The molecule has 0 aliphatic carbocycles. The van der Waals surface area contributed by atoms with Gasteiger partial charge in [-0.15, -0.1) is 0 Å². The summed E-state index contributed by atoms with van der Waals surface area (Å²) in [4.78, 5) is 36.5. The molecule has 0 atom stereocenters. The van der Waals surface area contributed by atoms with Crippen LogP contribution in [0.3, 0.4) is 0 Å². The predicted molar refractivity (Wildman–Crippen MR) is 132 cm³/mol. The number of benzene rings is 3. The van der Waals surface area contributed by atoms with Crippen LogP contribution in [-0.2, 0) is 13.1 Å². The van der Waals surface area contributed by atoms with Gasteiger partial charge in [-0.05, 0) is 42.3 Å². The van der Waals surface area contributed by atoms with Crippen molar-refractivity contribution in [3.05, 3.63) is 94.9 Å². The first-order valence-electron chi connectivity index (χ1n) is 11.2. The minimum absolute atomic E-state index is 0.0316. The Hall–Kier alpha value is -4.73. The number of hydrogen-bond donors (Lipinski definition) is 4. The van der Waals surface area contributed by atoms with Crippen molar-refractivity contribution in [3.8, 4) is 0 Å². The standard InChI is InChI=1S/C26H24FN5O4/c1-16-10-11-18(14-21(16)27)30-26(36)28-12-13-32-22-9-5-4-8-20(22)23(31-32)24(33)29-15-17-6-2-3-7-19(17)25(34)35/h2-11,14H,12-13,15H2,1H3,(H,29,33)(H,34,35)(H2,28,30,36).